The minimum absolute atomic E-state index is 0.104. The molecule has 322 valence electrons. The van der Waals surface area contributed by atoms with Crippen molar-refractivity contribution in [2.75, 3.05) is 0 Å². The molecule has 0 unspecified atom stereocenters. The minimum Gasteiger partial charge on any atom is -0.444 e. The van der Waals surface area contributed by atoms with E-state index in [1.807, 2.05) is 12.1 Å². The Morgan fingerprint density at radius 3 is 1.41 bits per heavy atom. The molecule has 0 aliphatic heterocycles. The second kappa shape index (κ2) is 15.3. The van der Waals surface area contributed by atoms with Crippen molar-refractivity contribution in [3.8, 4) is 0 Å². The first kappa shape index (κ1) is 40.7. The van der Waals surface area contributed by atoms with Crippen LogP contribution in [-0.2, 0) is 22.7 Å². The first-order valence-corrected chi connectivity index (χ1v) is 21.6. The summed E-state index contributed by atoms with van der Waals surface area (Å²) >= 11 is 2.20. The first-order valence-electron chi connectivity index (χ1n) is 19.9. The molecule has 16 heteroatoms. The van der Waals surface area contributed by atoms with Gasteiger partial charge in [0, 0.05) is 37.2 Å². The molecule has 11 rings (SSSR count). The highest BCUT2D eigenvalue weighted by atomic mass is 32.1. The number of ketones is 4. The molecule has 0 bridgehead atoms. The van der Waals surface area contributed by atoms with E-state index in [1.165, 1.54) is 21.3 Å². The predicted molar refractivity (Wildman–Crippen MR) is 238 cm³/mol. The number of aromatic nitrogens is 2. The second-order valence-electron chi connectivity index (χ2n) is 15.4. The fourth-order valence-electron chi connectivity index (χ4n) is 8.40. The monoisotopic (exact) mass is 920 g/mol. The van der Waals surface area contributed by atoms with Gasteiger partial charge in [0.25, 0.3) is 0 Å². The number of carbonyl (C=O) groups excluding carboxylic acids is 6. The zero-order chi connectivity index (χ0) is 45.7. The average molecular weight is 921 g/mol. The van der Waals surface area contributed by atoms with Crippen molar-refractivity contribution in [1.82, 2.24) is 9.13 Å². The van der Waals surface area contributed by atoms with E-state index in [0.717, 1.165) is 34.8 Å². The Labute approximate surface area is 375 Å². The summed E-state index contributed by atoms with van der Waals surface area (Å²) in [6.07, 6.45) is 0.970. The van der Waals surface area contributed by atoms with Crippen LogP contribution in [0.1, 0.15) is 62.3 Å². The number of allylic oxidation sites excluding steroid dienone is 2. The molecule has 0 amide bonds. The molecule has 0 radical (unpaired) electrons. The van der Waals surface area contributed by atoms with Gasteiger partial charge in [0.1, 0.15) is 13.2 Å². The van der Waals surface area contributed by atoms with Crippen LogP contribution in [-0.4, -0.2) is 44.5 Å². The Hall–Kier alpha value is -8.08. The summed E-state index contributed by atoms with van der Waals surface area (Å²) in [6.45, 7) is -0.210. The summed E-state index contributed by atoms with van der Waals surface area (Å²) in [4.78, 5) is 82.6. The molecule has 0 N–H and O–H groups in total. The maximum Gasteiger partial charge on any atom is 0.419 e. The van der Waals surface area contributed by atoms with E-state index < -0.39 is 69.7 Å². The maximum atomic E-state index is 14.8. The van der Waals surface area contributed by atoms with Gasteiger partial charge in [-0.1, -0.05) is 60.7 Å². The number of thiophene rings is 2. The second-order valence-corrected chi connectivity index (χ2v) is 17.6. The standard InChI is InChI=1S/C50H24F4N2O8S2/c51-34-12-11-27-41(42(34)54)46(60)33(43(27)57)14-26-16-40-48(66-26)31-20-37-30(19-38(31)56(40)50(62)64-22-24-9-5-2-6-10-24)47-39(55(37)49(61)63-21-23-7-3-1-4-8-23)15-25(65-47)13-32-44(58)28-17-35(52)36(53)18-29(28)45(32)59/h1-20H,21-22H2/b33-14+. The van der Waals surface area contributed by atoms with E-state index in [4.69, 9.17) is 9.47 Å². The Morgan fingerprint density at radius 1 is 0.500 bits per heavy atom. The van der Waals surface area contributed by atoms with Crippen molar-refractivity contribution in [1.29, 1.82) is 0 Å². The van der Waals surface area contributed by atoms with Crippen molar-refractivity contribution >= 4 is 112 Å². The van der Waals surface area contributed by atoms with Crippen LogP contribution >= 0.6 is 22.7 Å². The number of halogens is 4. The molecule has 4 heterocycles. The lowest BCUT2D eigenvalue weighted by atomic mass is 10.1. The number of benzene rings is 5. The first-order chi connectivity index (χ1) is 31.9. The summed E-state index contributed by atoms with van der Waals surface area (Å²) in [5.41, 5.74) is 0.484. The summed E-state index contributed by atoms with van der Waals surface area (Å²) in [6, 6.07) is 27.6. The van der Waals surface area contributed by atoms with E-state index >= 15 is 0 Å². The zero-order valence-corrected chi connectivity index (χ0v) is 35.1. The van der Waals surface area contributed by atoms with Crippen LogP contribution in [0.3, 0.4) is 0 Å². The molecule has 10 nitrogen and oxygen atoms in total. The highest BCUT2D eigenvalue weighted by Crippen LogP contribution is 2.44. The van der Waals surface area contributed by atoms with Crippen LogP contribution < -0.4 is 0 Å². The fraction of sp³-hybridized carbons (Fsp3) is 0.0400. The van der Waals surface area contributed by atoms with Gasteiger partial charge in [0.05, 0.1) is 48.2 Å². The molecular weight excluding hydrogens is 897 g/mol. The van der Waals surface area contributed by atoms with Crippen LogP contribution in [0.25, 0.3) is 54.4 Å². The third-order valence-electron chi connectivity index (χ3n) is 11.5. The van der Waals surface area contributed by atoms with Crippen molar-refractivity contribution in [2.24, 2.45) is 0 Å². The summed E-state index contributed by atoms with van der Waals surface area (Å²) in [5, 5.41) is 0.910. The van der Waals surface area contributed by atoms with Gasteiger partial charge >= 0.3 is 12.2 Å². The van der Waals surface area contributed by atoms with E-state index in [1.54, 1.807) is 72.8 Å². The number of nitrogens with zero attached hydrogens (tertiary/aromatic N) is 2. The number of hydrogen-bond acceptors (Lipinski definition) is 10. The average Bonchev–Trinajstić information content (AvgIpc) is 4.14. The number of Topliss-reactive ketones (excluding diaryl/α,β-unsaturated/α-hetero) is 4. The van der Waals surface area contributed by atoms with Crippen molar-refractivity contribution in [3.05, 3.63) is 187 Å². The molecule has 5 aromatic carbocycles. The zero-order valence-electron chi connectivity index (χ0n) is 33.4. The van der Waals surface area contributed by atoms with E-state index in [9.17, 15) is 46.3 Å². The SMILES string of the molecule is O=C1C(=Cc2cc3c(s2)c2cc4c(cc2n3C(=O)OCc2ccccc2)c2sc(/C=C3\C(=O)c5ccc(F)c(F)c5C3=O)cc2n4C(=O)OCc2ccccc2)C(=O)c2cc(F)c(F)cc21. The third-order valence-corrected chi connectivity index (χ3v) is 13.7. The lowest BCUT2D eigenvalue weighted by Gasteiger charge is -2.09. The Bertz CT molecular complexity index is 3720. The fourth-order valence-corrected chi connectivity index (χ4v) is 10.6. The number of hydrogen-bond donors (Lipinski definition) is 0. The lowest BCUT2D eigenvalue weighted by Crippen LogP contribution is -2.14. The van der Waals surface area contributed by atoms with Gasteiger partial charge in [-0.25, -0.2) is 36.3 Å². The summed E-state index contributed by atoms with van der Waals surface area (Å²) < 4.78 is 72.4. The smallest absolute Gasteiger partial charge is 0.419 e. The van der Waals surface area contributed by atoms with Crippen molar-refractivity contribution in [2.45, 2.75) is 13.2 Å². The van der Waals surface area contributed by atoms with Gasteiger partial charge < -0.3 is 9.47 Å². The van der Waals surface area contributed by atoms with Crippen LogP contribution in [0.15, 0.2) is 120 Å². The molecule has 9 aromatic rings. The number of rotatable bonds is 6. The number of fused-ring (bicyclic) bond motifs is 8. The molecule has 4 aromatic heterocycles. The van der Waals surface area contributed by atoms with Gasteiger partial charge in [-0.15, -0.1) is 22.7 Å². The Morgan fingerprint density at radius 2 is 0.939 bits per heavy atom. The van der Waals surface area contributed by atoms with Gasteiger partial charge in [-0.05, 0) is 71.8 Å². The van der Waals surface area contributed by atoms with E-state index in [2.05, 4.69) is 0 Å². The molecule has 0 spiro atoms. The van der Waals surface area contributed by atoms with E-state index in [0.29, 0.717) is 75.3 Å². The highest BCUT2D eigenvalue weighted by Gasteiger charge is 2.38. The largest absolute Gasteiger partial charge is 0.444 e. The molecular formula is C50H24F4N2O8S2. The minimum atomic E-state index is -1.43. The van der Waals surface area contributed by atoms with Crippen LogP contribution in [0.4, 0.5) is 27.2 Å². The molecule has 2 aliphatic carbocycles. The molecule has 2 aliphatic rings. The van der Waals surface area contributed by atoms with Crippen molar-refractivity contribution < 1.29 is 55.8 Å². The quantitative estimate of drug-likeness (QED) is 0.0915. The van der Waals surface area contributed by atoms with Gasteiger partial charge in [-0.3, -0.25) is 19.2 Å². The van der Waals surface area contributed by atoms with Gasteiger partial charge in [0.15, 0.2) is 40.6 Å². The molecule has 66 heavy (non-hydrogen) atoms. The van der Waals surface area contributed by atoms with E-state index in [-0.39, 0.29) is 35.5 Å². The summed E-state index contributed by atoms with van der Waals surface area (Å²) in [5.74, 6) is -8.63. The lowest BCUT2D eigenvalue weighted by molar-refractivity contribution is 0.0974. The maximum absolute atomic E-state index is 14.8. The molecule has 0 fully saturated rings. The number of ether oxygens (including phenoxy) is 2. The highest BCUT2D eigenvalue weighted by molar-refractivity contribution is 7.21. The normalized spacial score (nSPS) is 14.1. The number of carbonyl (C=O) groups is 6. The molecule has 0 saturated carbocycles. The molecule has 0 saturated heterocycles. The summed E-state index contributed by atoms with van der Waals surface area (Å²) in [7, 11) is 0. The van der Waals surface area contributed by atoms with Gasteiger partial charge in [-0.2, -0.15) is 0 Å². The van der Waals surface area contributed by atoms with Crippen molar-refractivity contribution in [3.63, 3.8) is 0 Å². The topological polar surface area (TPSA) is 131 Å². The van der Waals surface area contributed by atoms with Crippen LogP contribution in [0.2, 0.25) is 0 Å². The van der Waals surface area contributed by atoms with Crippen LogP contribution in [0, 0.1) is 23.3 Å². The van der Waals surface area contributed by atoms with Gasteiger partial charge in [0.2, 0.25) is 5.78 Å². The predicted octanol–water partition coefficient (Wildman–Crippen LogP) is 11.9. The van der Waals surface area contributed by atoms with Crippen LogP contribution in [0.5, 0.6) is 0 Å². The molecule has 0 atom stereocenters. The Kier molecular flexibility index (Phi) is 9.42. The Balaban J connectivity index is 1.09. The third kappa shape index (κ3) is 6.35.